The van der Waals surface area contributed by atoms with Gasteiger partial charge < -0.3 is 10.4 Å². The lowest BCUT2D eigenvalue weighted by Crippen LogP contribution is -2.39. The molecule has 2 aliphatic carbocycles. The number of piperidine rings is 1. The number of hydrogen-bond donors (Lipinski definition) is 2. The van der Waals surface area contributed by atoms with Crippen LogP contribution in [0.25, 0.3) is 0 Å². The Balaban J connectivity index is 2.16. The van der Waals surface area contributed by atoms with Crippen LogP contribution in [0, 0.1) is 17.7 Å². The van der Waals surface area contributed by atoms with Crippen LogP contribution >= 0.6 is 0 Å². The smallest absolute Gasteiger partial charge is 0.0540 e. The number of aliphatic hydroxyl groups is 1. The van der Waals surface area contributed by atoms with Gasteiger partial charge in [-0.15, -0.1) is 0 Å². The number of hydrogen-bond acceptors (Lipinski definition) is 2. The van der Waals surface area contributed by atoms with Gasteiger partial charge >= 0.3 is 0 Å². The Kier molecular flexibility index (Phi) is 2.74. The molecule has 3 fully saturated rings. The van der Waals surface area contributed by atoms with Crippen LogP contribution in [0.2, 0.25) is 0 Å². The van der Waals surface area contributed by atoms with Crippen molar-refractivity contribution in [3.05, 3.63) is 0 Å². The third kappa shape index (κ3) is 4.45. The van der Waals surface area contributed by atoms with Gasteiger partial charge in [0.05, 0.1) is 6.10 Å². The molecule has 0 spiro atoms. The van der Waals surface area contributed by atoms with Crippen molar-refractivity contribution in [1.29, 1.82) is 0 Å². The first kappa shape index (κ1) is 7.21. The Bertz CT molecular complexity index is 655. The van der Waals surface area contributed by atoms with E-state index in [2.05, 4.69) is 5.32 Å². The summed E-state index contributed by atoms with van der Waals surface area (Å²) in [7, 11) is 0. The third-order valence-corrected chi connectivity index (χ3v) is 5.15. The standard InChI is InChI=1S/C19H35NO/c21-18-11-9-16(10-12-18)19(15-6-2-1-3-7-15)14-17-8-4-5-13-20-17/h15-21H,1-14H2/i1D2,2D2,3D2,6D2,7D2,15D. The third-order valence-electron chi connectivity index (χ3n) is 5.15. The first-order valence-corrected chi connectivity index (χ1v) is 8.38. The van der Waals surface area contributed by atoms with Crippen LogP contribution in [0.5, 0.6) is 0 Å². The van der Waals surface area contributed by atoms with Gasteiger partial charge in [0.15, 0.2) is 0 Å². The van der Waals surface area contributed by atoms with Gasteiger partial charge in [-0.05, 0) is 69.2 Å². The lowest BCUT2D eigenvalue weighted by Gasteiger charge is -2.41. The highest BCUT2D eigenvalue weighted by atomic mass is 16.3. The van der Waals surface area contributed by atoms with Crippen LogP contribution in [0.15, 0.2) is 0 Å². The van der Waals surface area contributed by atoms with Crippen molar-refractivity contribution < 1.29 is 20.2 Å². The highest BCUT2D eigenvalue weighted by Gasteiger charge is 2.34. The second-order valence-corrected chi connectivity index (χ2v) is 6.60. The first-order valence-electron chi connectivity index (χ1n) is 13.9. The summed E-state index contributed by atoms with van der Waals surface area (Å²) in [4.78, 5) is 0. The van der Waals surface area contributed by atoms with Crippen molar-refractivity contribution in [3.8, 4) is 0 Å². The fourth-order valence-electron chi connectivity index (χ4n) is 3.93. The van der Waals surface area contributed by atoms with Crippen molar-refractivity contribution >= 4 is 0 Å². The molecule has 2 heteroatoms. The minimum atomic E-state index is -3.49. The Morgan fingerprint density at radius 3 is 2.48 bits per heavy atom. The van der Waals surface area contributed by atoms with Crippen LogP contribution in [-0.4, -0.2) is 23.8 Å². The van der Waals surface area contributed by atoms with Crippen LogP contribution < -0.4 is 5.32 Å². The normalized spacial score (nSPS) is 58.5. The van der Waals surface area contributed by atoms with Crippen molar-refractivity contribution in [2.45, 2.75) is 95.4 Å². The number of aliphatic hydroxyl groups excluding tert-OH is 1. The van der Waals surface area contributed by atoms with Gasteiger partial charge in [0.2, 0.25) is 0 Å². The molecule has 0 bridgehead atoms. The molecule has 3 rings (SSSR count). The summed E-state index contributed by atoms with van der Waals surface area (Å²) in [6.07, 6.45) is -13.1. The average molecular weight is 305 g/mol. The Hall–Kier alpha value is -0.0800. The monoisotopic (exact) mass is 304 g/mol. The second-order valence-electron chi connectivity index (χ2n) is 6.60. The molecule has 21 heavy (non-hydrogen) atoms. The van der Waals surface area contributed by atoms with E-state index in [4.69, 9.17) is 13.7 Å². The van der Waals surface area contributed by atoms with E-state index >= 15 is 0 Å². The van der Waals surface area contributed by atoms with Crippen LogP contribution in [0.3, 0.4) is 0 Å². The van der Waals surface area contributed by atoms with Crippen molar-refractivity contribution in [3.63, 3.8) is 0 Å². The molecule has 3 aliphatic rings. The summed E-state index contributed by atoms with van der Waals surface area (Å²) >= 11 is 0. The van der Waals surface area contributed by atoms with E-state index in [9.17, 15) is 6.48 Å². The lowest BCUT2D eigenvalue weighted by molar-refractivity contribution is 0.0597. The van der Waals surface area contributed by atoms with Gasteiger partial charge in [0.25, 0.3) is 0 Å². The quantitative estimate of drug-likeness (QED) is 0.813. The molecular formula is C19H35NO. The molecular weight excluding hydrogens is 258 g/mol. The number of rotatable bonds is 4. The van der Waals surface area contributed by atoms with Gasteiger partial charge in [-0.25, -0.2) is 0 Å². The van der Waals surface area contributed by atoms with Gasteiger partial charge in [0, 0.05) is 21.1 Å². The zero-order chi connectivity index (χ0) is 24.4. The molecule has 122 valence electrons. The van der Waals surface area contributed by atoms with Crippen LogP contribution in [0.1, 0.15) is 98.3 Å². The average Bonchev–Trinajstić information content (AvgIpc) is 2.71. The summed E-state index contributed by atoms with van der Waals surface area (Å²) in [5.41, 5.74) is 0. The molecule has 2 N–H and O–H groups in total. The SMILES string of the molecule is [2H]C1([2H])C([2H])([2H])C([2H])([2H])C([2H])(C(CC2CCCCN2)C2CCC(O)CC2)C([2H])([2H])C1([2H])[2H]. The Labute approximate surface area is 146 Å². The largest absolute Gasteiger partial charge is 0.393 e. The second kappa shape index (κ2) is 7.97. The fraction of sp³-hybridized carbons (Fsp3) is 1.00. The Morgan fingerprint density at radius 2 is 1.81 bits per heavy atom. The number of nitrogens with one attached hydrogen (secondary N) is 1. The topological polar surface area (TPSA) is 32.3 Å². The predicted octanol–water partition coefficient (Wildman–Crippen LogP) is 4.27. The van der Waals surface area contributed by atoms with Crippen LogP contribution in [-0.2, 0) is 0 Å². The van der Waals surface area contributed by atoms with Gasteiger partial charge in [-0.3, -0.25) is 0 Å². The maximum absolute atomic E-state index is 9.97. The molecule has 2 saturated carbocycles. The maximum atomic E-state index is 9.97. The molecule has 0 aromatic heterocycles. The summed E-state index contributed by atoms with van der Waals surface area (Å²) in [5.74, 6) is -4.35. The zero-order valence-electron chi connectivity index (χ0n) is 23.6. The van der Waals surface area contributed by atoms with Gasteiger partial charge in [0.1, 0.15) is 0 Å². The Morgan fingerprint density at radius 1 is 1.05 bits per heavy atom. The van der Waals surface area contributed by atoms with E-state index in [1.54, 1.807) is 0 Å². The predicted molar refractivity (Wildman–Crippen MR) is 88.3 cm³/mol. The molecule has 2 unspecified atom stereocenters. The minimum Gasteiger partial charge on any atom is -0.393 e. The van der Waals surface area contributed by atoms with E-state index < -0.39 is 55.7 Å². The molecule has 2 nitrogen and oxygen atoms in total. The maximum Gasteiger partial charge on any atom is 0.0540 e. The van der Waals surface area contributed by atoms with E-state index in [1.807, 2.05) is 0 Å². The van der Waals surface area contributed by atoms with Crippen molar-refractivity contribution in [2.24, 2.45) is 17.7 Å². The molecule has 2 atom stereocenters. The highest BCUT2D eigenvalue weighted by molar-refractivity contribution is 4.87. The minimum absolute atomic E-state index is 0.134. The van der Waals surface area contributed by atoms with Crippen molar-refractivity contribution in [2.75, 3.05) is 6.54 Å². The molecule has 1 saturated heterocycles. The van der Waals surface area contributed by atoms with E-state index in [0.29, 0.717) is 25.7 Å². The van der Waals surface area contributed by atoms with Gasteiger partial charge in [-0.2, -0.15) is 0 Å². The molecule has 0 amide bonds. The van der Waals surface area contributed by atoms with E-state index in [0.717, 1.165) is 25.8 Å². The summed E-state index contributed by atoms with van der Waals surface area (Å²) in [5, 5.41) is 13.3. The molecule has 1 aliphatic heterocycles. The molecule has 0 aromatic carbocycles. The molecule has 0 radical (unpaired) electrons. The molecule has 0 aromatic rings. The van der Waals surface area contributed by atoms with E-state index in [1.165, 1.54) is 0 Å². The summed E-state index contributed by atoms with van der Waals surface area (Å²) in [6.45, 7) is 0.732. The van der Waals surface area contributed by atoms with E-state index in [-0.39, 0.29) is 12.5 Å². The zero-order valence-corrected chi connectivity index (χ0v) is 12.6. The highest BCUT2D eigenvalue weighted by Crippen LogP contribution is 2.42. The summed E-state index contributed by atoms with van der Waals surface area (Å²) < 4.78 is 93.4. The van der Waals surface area contributed by atoms with Crippen LogP contribution in [0.4, 0.5) is 0 Å². The fourth-order valence-corrected chi connectivity index (χ4v) is 3.93. The lowest BCUT2D eigenvalue weighted by atomic mass is 9.67. The summed E-state index contributed by atoms with van der Waals surface area (Å²) in [6, 6.07) is -0.134. The molecule has 1 heterocycles. The van der Waals surface area contributed by atoms with Gasteiger partial charge in [-0.1, -0.05) is 38.3 Å². The van der Waals surface area contributed by atoms with Crippen molar-refractivity contribution in [1.82, 2.24) is 5.32 Å². The first-order chi connectivity index (χ1) is 14.5.